The van der Waals surface area contributed by atoms with Gasteiger partial charge in [0.25, 0.3) is 0 Å². The number of carbonyl (C=O) groups excluding carboxylic acids is 2. The van der Waals surface area contributed by atoms with E-state index in [0.717, 1.165) is 24.9 Å². The third kappa shape index (κ3) is 7.99. The van der Waals surface area contributed by atoms with Gasteiger partial charge in [-0.15, -0.1) is 0 Å². The van der Waals surface area contributed by atoms with Crippen LogP contribution in [0.2, 0.25) is 0 Å². The number of ether oxygens (including phenoxy) is 1. The minimum Gasteiger partial charge on any atom is -0.379 e. The van der Waals surface area contributed by atoms with Crippen molar-refractivity contribution in [2.24, 2.45) is 5.92 Å². The van der Waals surface area contributed by atoms with Crippen LogP contribution in [0.15, 0.2) is 24.3 Å². The molecule has 0 unspecified atom stereocenters. The standard InChI is InChI=1S/C21H33N3O3/c1-16(2)27-14-4-11-22-20(25)15-18-9-12-24(13-10-18)21(26)23-19-7-5-17(3)6-8-19/h5-8,16,18H,4,9-15H2,1-3H3,(H,22,25)(H,23,26). The molecule has 0 bridgehead atoms. The molecule has 0 radical (unpaired) electrons. The number of aryl methyl sites for hydroxylation is 1. The van der Waals surface area contributed by atoms with Crippen molar-refractivity contribution in [3.63, 3.8) is 0 Å². The van der Waals surface area contributed by atoms with Gasteiger partial charge in [0.05, 0.1) is 6.10 Å². The van der Waals surface area contributed by atoms with Crippen molar-refractivity contribution in [1.29, 1.82) is 0 Å². The number of rotatable bonds is 8. The summed E-state index contributed by atoms with van der Waals surface area (Å²) in [5.41, 5.74) is 1.98. The van der Waals surface area contributed by atoms with Crippen LogP contribution in [0.5, 0.6) is 0 Å². The van der Waals surface area contributed by atoms with Crippen LogP contribution in [0.1, 0.15) is 45.1 Å². The number of hydrogen-bond donors (Lipinski definition) is 2. The van der Waals surface area contributed by atoms with E-state index in [0.29, 0.717) is 38.6 Å². The van der Waals surface area contributed by atoms with Crippen molar-refractivity contribution < 1.29 is 14.3 Å². The summed E-state index contributed by atoms with van der Waals surface area (Å²) >= 11 is 0. The van der Waals surface area contributed by atoms with Gasteiger partial charge in [0, 0.05) is 38.3 Å². The number of carbonyl (C=O) groups is 2. The lowest BCUT2D eigenvalue weighted by molar-refractivity contribution is -0.122. The Morgan fingerprint density at radius 2 is 1.85 bits per heavy atom. The maximum Gasteiger partial charge on any atom is 0.321 e. The Morgan fingerprint density at radius 3 is 2.48 bits per heavy atom. The number of urea groups is 1. The third-order valence-electron chi connectivity index (χ3n) is 4.77. The van der Waals surface area contributed by atoms with E-state index >= 15 is 0 Å². The zero-order chi connectivity index (χ0) is 19.6. The summed E-state index contributed by atoms with van der Waals surface area (Å²) in [6, 6.07) is 7.73. The lowest BCUT2D eigenvalue weighted by atomic mass is 9.93. The number of nitrogens with one attached hydrogen (secondary N) is 2. The molecule has 1 saturated heterocycles. The number of benzene rings is 1. The van der Waals surface area contributed by atoms with E-state index in [1.807, 2.05) is 49.9 Å². The molecule has 0 aliphatic carbocycles. The molecule has 1 heterocycles. The topological polar surface area (TPSA) is 70.7 Å². The van der Waals surface area contributed by atoms with Crippen LogP contribution < -0.4 is 10.6 Å². The van der Waals surface area contributed by atoms with E-state index in [-0.39, 0.29) is 18.0 Å². The van der Waals surface area contributed by atoms with Gasteiger partial charge >= 0.3 is 6.03 Å². The Morgan fingerprint density at radius 1 is 1.19 bits per heavy atom. The van der Waals surface area contributed by atoms with Crippen LogP contribution in [0.3, 0.4) is 0 Å². The molecule has 2 N–H and O–H groups in total. The maximum absolute atomic E-state index is 12.4. The number of hydrogen-bond acceptors (Lipinski definition) is 3. The molecule has 2 rings (SSSR count). The molecule has 150 valence electrons. The molecule has 3 amide bonds. The zero-order valence-electron chi connectivity index (χ0n) is 16.8. The lowest BCUT2D eigenvalue weighted by Gasteiger charge is -2.31. The monoisotopic (exact) mass is 375 g/mol. The van der Waals surface area contributed by atoms with Gasteiger partial charge in [-0.2, -0.15) is 0 Å². The van der Waals surface area contributed by atoms with Crippen LogP contribution >= 0.6 is 0 Å². The van der Waals surface area contributed by atoms with Gasteiger partial charge in [0.15, 0.2) is 0 Å². The van der Waals surface area contributed by atoms with Crippen molar-refractivity contribution in [2.45, 2.75) is 52.6 Å². The van der Waals surface area contributed by atoms with E-state index in [2.05, 4.69) is 10.6 Å². The molecule has 0 spiro atoms. The van der Waals surface area contributed by atoms with E-state index in [9.17, 15) is 9.59 Å². The second-order valence-electron chi connectivity index (χ2n) is 7.55. The van der Waals surface area contributed by atoms with Gasteiger partial charge in [-0.05, 0) is 58.1 Å². The minimum absolute atomic E-state index is 0.0630. The van der Waals surface area contributed by atoms with E-state index in [1.165, 1.54) is 5.56 Å². The Kier molecular flexibility index (Phi) is 8.58. The second kappa shape index (κ2) is 10.9. The summed E-state index contributed by atoms with van der Waals surface area (Å²) in [6.07, 6.45) is 3.34. The highest BCUT2D eigenvalue weighted by atomic mass is 16.5. The van der Waals surface area contributed by atoms with Crippen molar-refractivity contribution in [2.75, 3.05) is 31.6 Å². The first-order valence-electron chi connectivity index (χ1n) is 9.95. The van der Waals surface area contributed by atoms with Crippen molar-refractivity contribution in [1.82, 2.24) is 10.2 Å². The predicted molar refractivity (Wildman–Crippen MR) is 108 cm³/mol. The highest BCUT2D eigenvalue weighted by Crippen LogP contribution is 2.21. The smallest absolute Gasteiger partial charge is 0.321 e. The molecule has 0 atom stereocenters. The molecule has 1 aromatic rings. The van der Waals surface area contributed by atoms with Crippen LogP contribution in [0, 0.1) is 12.8 Å². The van der Waals surface area contributed by atoms with E-state index < -0.39 is 0 Å². The fourth-order valence-corrected chi connectivity index (χ4v) is 3.13. The Balaban J connectivity index is 1.62. The molecule has 1 aliphatic rings. The number of amides is 3. The zero-order valence-corrected chi connectivity index (χ0v) is 16.8. The van der Waals surface area contributed by atoms with Gasteiger partial charge in [-0.3, -0.25) is 4.79 Å². The molecular formula is C21H33N3O3. The van der Waals surface area contributed by atoms with Gasteiger partial charge in [-0.25, -0.2) is 4.79 Å². The average molecular weight is 376 g/mol. The quantitative estimate of drug-likeness (QED) is 0.683. The van der Waals surface area contributed by atoms with Gasteiger partial charge in [-0.1, -0.05) is 17.7 Å². The molecule has 6 nitrogen and oxygen atoms in total. The van der Waals surface area contributed by atoms with Crippen LogP contribution in [-0.2, 0) is 9.53 Å². The first kappa shape index (κ1) is 21.2. The number of piperidine rings is 1. The van der Waals surface area contributed by atoms with Crippen molar-refractivity contribution in [3.05, 3.63) is 29.8 Å². The predicted octanol–water partition coefficient (Wildman–Crippen LogP) is 3.56. The second-order valence-corrected chi connectivity index (χ2v) is 7.55. The molecule has 0 saturated carbocycles. The van der Waals surface area contributed by atoms with Crippen molar-refractivity contribution >= 4 is 17.6 Å². The SMILES string of the molecule is Cc1ccc(NC(=O)N2CCC(CC(=O)NCCCOC(C)C)CC2)cc1. The molecule has 1 aliphatic heterocycles. The summed E-state index contributed by atoms with van der Waals surface area (Å²) in [5.74, 6) is 0.447. The first-order chi connectivity index (χ1) is 12.9. The van der Waals surface area contributed by atoms with E-state index in [4.69, 9.17) is 4.74 Å². The first-order valence-corrected chi connectivity index (χ1v) is 9.95. The Bertz CT molecular complexity index is 593. The minimum atomic E-state index is -0.0630. The maximum atomic E-state index is 12.4. The molecular weight excluding hydrogens is 342 g/mol. The largest absolute Gasteiger partial charge is 0.379 e. The third-order valence-corrected chi connectivity index (χ3v) is 4.77. The molecule has 0 aromatic heterocycles. The summed E-state index contributed by atoms with van der Waals surface area (Å²) in [6.45, 7) is 8.75. The molecule has 27 heavy (non-hydrogen) atoms. The average Bonchev–Trinajstić information content (AvgIpc) is 2.63. The normalized spacial score (nSPS) is 15.0. The summed E-state index contributed by atoms with van der Waals surface area (Å²) in [5, 5.41) is 5.90. The Hall–Kier alpha value is -2.08. The van der Waals surface area contributed by atoms with Crippen LogP contribution in [-0.4, -0.2) is 49.2 Å². The summed E-state index contributed by atoms with van der Waals surface area (Å²) < 4.78 is 5.46. The van der Waals surface area contributed by atoms with Gasteiger partial charge in [0.1, 0.15) is 0 Å². The highest BCUT2D eigenvalue weighted by Gasteiger charge is 2.24. The summed E-state index contributed by atoms with van der Waals surface area (Å²) in [4.78, 5) is 26.2. The van der Waals surface area contributed by atoms with Crippen LogP contribution in [0.25, 0.3) is 0 Å². The number of anilines is 1. The number of nitrogens with zero attached hydrogens (tertiary/aromatic N) is 1. The van der Waals surface area contributed by atoms with E-state index in [1.54, 1.807) is 0 Å². The number of likely N-dealkylation sites (tertiary alicyclic amines) is 1. The lowest BCUT2D eigenvalue weighted by Crippen LogP contribution is -2.42. The van der Waals surface area contributed by atoms with Crippen LogP contribution in [0.4, 0.5) is 10.5 Å². The molecule has 6 heteroatoms. The summed E-state index contributed by atoms with van der Waals surface area (Å²) in [7, 11) is 0. The van der Waals surface area contributed by atoms with Crippen molar-refractivity contribution in [3.8, 4) is 0 Å². The van der Waals surface area contributed by atoms with Gasteiger partial charge in [0.2, 0.25) is 5.91 Å². The highest BCUT2D eigenvalue weighted by molar-refractivity contribution is 5.89. The Labute approximate surface area is 162 Å². The van der Waals surface area contributed by atoms with Gasteiger partial charge < -0.3 is 20.3 Å². The molecule has 1 fully saturated rings. The fraction of sp³-hybridized carbons (Fsp3) is 0.619. The fourth-order valence-electron chi connectivity index (χ4n) is 3.13. The molecule has 1 aromatic carbocycles.